The average Bonchev–Trinajstić information content (AvgIpc) is 2.29. The smallest absolute Gasteiger partial charge is 0.0638 e. The van der Waals surface area contributed by atoms with Crippen molar-refractivity contribution >= 4 is 0 Å². The minimum absolute atomic E-state index is 0.435. The summed E-state index contributed by atoms with van der Waals surface area (Å²) in [6.07, 6.45) is 1.89. The van der Waals surface area contributed by atoms with E-state index in [1.807, 2.05) is 0 Å². The topological polar surface area (TPSA) is 30.3 Å². The molecule has 1 aliphatic rings. The van der Waals surface area contributed by atoms with Crippen molar-refractivity contribution in [3.05, 3.63) is 0 Å². The predicted octanol–water partition coefficient (Wildman–Crippen LogP) is 1.56. The van der Waals surface area contributed by atoms with Crippen molar-refractivity contribution in [3.8, 4) is 6.07 Å². The molecule has 1 fully saturated rings. The molecule has 0 aromatic heterocycles. The first-order valence-corrected chi connectivity index (χ1v) is 5.93. The summed E-state index contributed by atoms with van der Waals surface area (Å²) < 4.78 is 0. The Kier molecular flexibility index (Phi) is 5.07. The molecule has 0 aliphatic carbocycles. The summed E-state index contributed by atoms with van der Waals surface area (Å²) in [5.74, 6) is 0.689. The van der Waals surface area contributed by atoms with Crippen LogP contribution in [0.4, 0.5) is 0 Å². The van der Waals surface area contributed by atoms with Crippen LogP contribution in [0.25, 0.3) is 0 Å². The molecule has 1 saturated heterocycles. The van der Waals surface area contributed by atoms with Crippen LogP contribution in [-0.4, -0.2) is 49.1 Å². The van der Waals surface area contributed by atoms with E-state index in [1.54, 1.807) is 0 Å². The van der Waals surface area contributed by atoms with Crippen LogP contribution < -0.4 is 0 Å². The summed E-state index contributed by atoms with van der Waals surface area (Å²) in [4.78, 5) is 4.85. The van der Waals surface area contributed by atoms with E-state index in [0.717, 1.165) is 26.2 Å². The van der Waals surface area contributed by atoms with E-state index in [9.17, 15) is 0 Å². The van der Waals surface area contributed by atoms with Gasteiger partial charge in [0.15, 0.2) is 0 Å². The third-order valence-corrected chi connectivity index (χ3v) is 2.95. The van der Waals surface area contributed by atoms with Gasteiger partial charge in [-0.05, 0) is 32.5 Å². The molecule has 86 valence electrons. The monoisotopic (exact) mass is 209 g/mol. The highest BCUT2D eigenvalue weighted by Crippen LogP contribution is 2.13. The van der Waals surface area contributed by atoms with Gasteiger partial charge in [0.1, 0.15) is 0 Å². The Morgan fingerprint density at radius 3 is 2.73 bits per heavy atom. The zero-order valence-corrected chi connectivity index (χ0v) is 10.2. The number of likely N-dealkylation sites (N-methyl/N-ethyl adjacent to an activating group) is 1. The fourth-order valence-electron chi connectivity index (χ4n) is 2.30. The Balaban J connectivity index is 2.59. The lowest BCUT2D eigenvalue weighted by molar-refractivity contribution is 0.172. The van der Waals surface area contributed by atoms with Gasteiger partial charge in [-0.1, -0.05) is 13.8 Å². The molecule has 0 amide bonds. The van der Waals surface area contributed by atoms with Crippen LogP contribution in [0.3, 0.4) is 0 Å². The van der Waals surface area contributed by atoms with Gasteiger partial charge < -0.3 is 4.90 Å². The fourth-order valence-corrected chi connectivity index (χ4v) is 2.30. The van der Waals surface area contributed by atoms with Crippen molar-refractivity contribution in [2.24, 2.45) is 5.92 Å². The minimum Gasteiger partial charge on any atom is -0.305 e. The van der Waals surface area contributed by atoms with Gasteiger partial charge in [0.2, 0.25) is 0 Å². The molecule has 1 heterocycles. The van der Waals surface area contributed by atoms with Crippen molar-refractivity contribution in [1.29, 1.82) is 5.26 Å². The maximum Gasteiger partial charge on any atom is 0.0638 e. The lowest BCUT2D eigenvalue weighted by atomic mass is 10.1. The van der Waals surface area contributed by atoms with Gasteiger partial charge in [0.05, 0.1) is 12.5 Å². The van der Waals surface area contributed by atoms with E-state index < -0.39 is 0 Å². The molecule has 0 spiro atoms. The van der Waals surface area contributed by atoms with Crippen LogP contribution in [0.15, 0.2) is 0 Å². The highest BCUT2D eigenvalue weighted by molar-refractivity contribution is 4.87. The molecule has 1 rings (SSSR count). The number of nitriles is 1. The first-order chi connectivity index (χ1) is 7.13. The van der Waals surface area contributed by atoms with Crippen LogP contribution in [0.1, 0.15) is 26.7 Å². The lowest BCUT2D eigenvalue weighted by Gasteiger charge is -2.30. The van der Waals surface area contributed by atoms with Crippen molar-refractivity contribution in [2.45, 2.75) is 32.7 Å². The molecule has 0 aromatic rings. The molecule has 3 nitrogen and oxygen atoms in total. The first kappa shape index (κ1) is 12.5. The molecule has 0 bridgehead atoms. The van der Waals surface area contributed by atoms with Gasteiger partial charge in [-0.3, -0.25) is 4.90 Å². The van der Waals surface area contributed by atoms with Crippen molar-refractivity contribution in [2.75, 3.05) is 33.2 Å². The van der Waals surface area contributed by atoms with Crippen LogP contribution in [0, 0.1) is 17.2 Å². The molecular formula is C12H23N3. The first-order valence-electron chi connectivity index (χ1n) is 5.93. The minimum atomic E-state index is 0.435. The Bertz CT molecular complexity index is 219. The van der Waals surface area contributed by atoms with Gasteiger partial charge in [-0.25, -0.2) is 0 Å². The third kappa shape index (κ3) is 4.19. The number of nitrogens with zero attached hydrogens (tertiary/aromatic N) is 3. The summed E-state index contributed by atoms with van der Waals surface area (Å²) in [7, 11) is 2.16. The van der Waals surface area contributed by atoms with Crippen LogP contribution in [0.5, 0.6) is 0 Å². The number of rotatable bonds is 3. The standard InChI is InChI=1S/C12H23N3/c1-11(2)9-15-8-4-7-14(3)10-12(15)5-6-13/h11-12H,4-5,7-10H2,1-3H3. The zero-order valence-electron chi connectivity index (χ0n) is 10.2. The van der Waals surface area contributed by atoms with Crippen molar-refractivity contribution in [3.63, 3.8) is 0 Å². The van der Waals surface area contributed by atoms with E-state index in [2.05, 4.69) is 36.8 Å². The third-order valence-electron chi connectivity index (χ3n) is 2.95. The Morgan fingerprint density at radius 1 is 1.40 bits per heavy atom. The van der Waals surface area contributed by atoms with Crippen molar-refractivity contribution in [1.82, 2.24) is 9.80 Å². The van der Waals surface area contributed by atoms with E-state index in [0.29, 0.717) is 18.4 Å². The van der Waals surface area contributed by atoms with Crippen molar-refractivity contribution < 1.29 is 0 Å². The second-order valence-corrected chi connectivity index (χ2v) is 5.02. The number of hydrogen-bond acceptors (Lipinski definition) is 3. The summed E-state index contributed by atoms with van der Waals surface area (Å²) in [6, 6.07) is 2.76. The Morgan fingerprint density at radius 2 is 2.13 bits per heavy atom. The van der Waals surface area contributed by atoms with Crippen LogP contribution in [0.2, 0.25) is 0 Å². The van der Waals surface area contributed by atoms with Gasteiger partial charge in [-0.15, -0.1) is 0 Å². The molecule has 1 atom stereocenters. The molecule has 0 aromatic carbocycles. The van der Waals surface area contributed by atoms with Gasteiger partial charge in [-0.2, -0.15) is 5.26 Å². The van der Waals surface area contributed by atoms with Gasteiger partial charge >= 0.3 is 0 Å². The molecule has 3 heteroatoms. The van der Waals surface area contributed by atoms with Gasteiger partial charge in [0, 0.05) is 19.1 Å². The SMILES string of the molecule is CC(C)CN1CCCN(C)CC1CC#N. The molecule has 0 radical (unpaired) electrons. The molecule has 1 unspecified atom stereocenters. The quantitative estimate of drug-likeness (QED) is 0.706. The maximum atomic E-state index is 8.85. The summed E-state index contributed by atoms with van der Waals surface area (Å²) in [6.45, 7) is 8.97. The Hall–Kier alpha value is -0.590. The second-order valence-electron chi connectivity index (χ2n) is 5.02. The van der Waals surface area contributed by atoms with Gasteiger partial charge in [0.25, 0.3) is 0 Å². The highest BCUT2D eigenvalue weighted by Gasteiger charge is 2.23. The largest absolute Gasteiger partial charge is 0.305 e. The Labute approximate surface area is 93.7 Å². The molecule has 1 aliphatic heterocycles. The summed E-state index contributed by atoms with van der Waals surface area (Å²) >= 11 is 0. The summed E-state index contributed by atoms with van der Waals surface area (Å²) in [5, 5.41) is 8.85. The molecule has 0 saturated carbocycles. The van der Waals surface area contributed by atoms with Crippen LogP contribution in [-0.2, 0) is 0 Å². The van der Waals surface area contributed by atoms with Crippen LogP contribution >= 0.6 is 0 Å². The van der Waals surface area contributed by atoms with E-state index >= 15 is 0 Å². The maximum absolute atomic E-state index is 8.85. The zero-order chi connectivity index (χ0) is 11.3. The molecular weight excluding hydrogens is 186 g/mol. The van der Waals surface area contributed by atoms with E-state index in [4.69, 9.17) is 5.26 Å². The molecule has 15 heavy (non-hydrogen) atoms. The van der Waals surface area contributed by atoms with E-state index in [1.165, 1.54) is 6.42 Å². The average molecular weight is 209 g/mol. The normalized spacial score (nSPS) is 25.1. The highest BCUT2D eigenvalue weighted by atomic mass is 15.2. The lowest BCUT2D eigenvalue weighted by Crippen LogP contribution is -2.41. The predicted molar refractivity (Wildman–Crippen MR) is 62.5 cm³/mol. The van der Waals surface area contributed by atoms with E-state index in [-0.39, 0.29) is 0 Å². The number of hydrogen-bond donors (Lipinski definition) is 0. The fraction of sp³-hybridized carbons (Fsp3) is 0.917. The summed E-state index contributed by atoms with van der Waals surface area (Å²) in [5.41, 5.74) is 0. The molecule has 0 N–H and O–H groups in total. The second kappa shape index (κ2) is 6.09.